The first kappa shape index (κ1) is 13.6. The van der Waals surface area contributed by atoms with Gasteiger partial charge in [0.15, 0.2) is 0 Å². The number of nitrogens with one attached hydrogen (secondary N) is 1. The lowest BCUT2D eigenvalue weighted by molar-refractivity contribution is -0.384. The third-order valence-electron chi connectivity index (χ3n) is 3.26. The van der Waals surface area contributed by atoms with E-state index in [-0.39, 0.29) is 28.0 Å². The Bertz CT molecular complexity index is 527. The second kappa shape index (κ2) is 5.44. The molecule has 1 fully saturated rings. The van der Waals surface area contributed by atoms with Crippen molar-refractivity contribution in [3.63, 3.8) is 0 Å². The number of nitrogens with two attached hydrogens (primary N) is 1. The van der Waals surface area contributed by atoms with Gasteiger partial charge in [-0.2, -0.15) is 0 Å². The fourth-order valence-corrected chi connectivity index (χ4v) is 2.44. The smallest absolute Gasteiger partial charge is 0.271 e. The number of carbonyl (C=O) groups excluding carboxylic acids is 1. The van der Waals surface area contributed by atoms with Crippen LogP contribution in [0.3, 0.4) is 0 Å². The highest BCUT2D eigenvalue weighted by molar-refractivity contribution is 6.34. The SMILES string of the molecule is Nc1c(Cl)cc([N+](=O)[O-])cc1C(=O)NC1CCCC1. The van der Waals surface area contributed by atoms with Gasteiger partial charge in [-0.1, -0.05) is 24.4 Å². The van der Waals surface area contributed by atoms with Gasteiger partial charge in [0, 0.05) is 18.2 Å². The monoisotopic (exact) mass is 283 g/mol. The van der Waals surface area contributed by atoms with E-state index in [4.69, 9.17) is 17.3 Å². The molecule has 0 unspecified atom stereocenters. The minimum Gasteiger partial charge on any atom is -0.397 e. The quantitative estimate of drug-likeness (QED) is 0.506. The van der Waals surface area contributed by atoms with Gasteiger partial charge in [0.1, 0.15) is 0 Å². The number of amides is 1. The standard InChI is InChI=1S/C12H14ClN3O3/c13-10-6-8(16(18)19)5-9(11(10)14)12(17)15-7-3-1-2-4-7/h5-7H,1-4,14H2,(H,15,17). The topological polar surface area (TPSA) is 98.3 Å². The Morgan fingerprint density at radius 2 is 2.05 bits per heavy atom. The molecule has 1 amide bonds. The molecule has 6 nitrogen and oxygen atoms in total. The van der Waals surface area contributed by atoms with Crippen LogP contribution in [-0.4, -0.2) is 16.9 Å². The van der Waals surface area contributed by atoms with Crippen LogP contribution in [0, 0.1) is 10.1 Å². The molecule has 0 saturated heterocycles. The third kappa shape index (κ3) is 2.96. The first-order chi connectivity index (χ1) is 8.99. The van der Waals surface area contributed by atoms with Gasteiger partial charge in [0.25, 0.3) is 11.6 Å². The zero-order chi connectivity index (χ0) is 14.0. The molecule has 1 aliphatic carbocycles. The number of hydrogen-bond donors (Lipinski definition) is 2. The van der Waals surface area contributed by atoms with Crippen LogP contribution in [0.4, 0.5) is 11.4 Å². The van der Waals surface area contributed by atoms with E-state index in [1.807, 2.05) is 0 Å². The molecule has 0 aliphatic heterocycles. The summed E-state index contributed by atoms with van der Waals surface area (Å²) in [6.45, 7) is 0. The van der Waals surface area contributed by atoms with E-state index in [0.29, 0.717) is 0 Å². The molecule has 0 atom stereocenters. The van der Waals surface area contributed by atoms with Gasteiger partial charge in [0.2, 0.25) is 0 Å². The van der Waals surface area contributed by atoms with Crippen molar-refractivity contribution in [2.24, 2.45) is 0 Å². The molecule has 0 aromatic heterocycles. The second-order valence-electron chi connectivity index (χ2n) is 4.60. The van der Waals surface area contributed by atoms with Crippen LogP contribution in [0.5, 0.6) is 0 Å². The maximum Gasteiger partial charge on any atom is 0.271 e. The summed E-state index contributed by atoms with van der Waals surface area (Å²) in [6, 6.07) is 2.42. The number of hydrogen-bond acceptors (Lipinski definition) is 4. The maximum absolute atomic E-state index is 12.1. The Balaban J connectivity index is 2.26. The van der Waals surface area contributed by atoms with Crippen molar-refractivity contribution in [3.05, 3.63) is 32.8 Å². The van der Waals surface area contributed by atoms with Crippen LogP contribution in [0.1, 0.15) is 36.0 Å². The van der Waals surface area contributed by atoms with Crippen molar-refractivity contribution in [1.29, 1.82) is 0 Å². The number of rotatable bonds is 3. The number of non-ortho nitro benzene ring substituents is 1. The van der Waals surface area contributed by atoms with Crippen LogP contribution >= 0.6 is 11.6 Å². The van der Waals surface area contributed by atoms with Crippen molar-refractivity contribution in [2.75, 3.05) is 5.73 Å². The summed E-state index contributed by atoms with van der Waals surface area (Å²) in [4.78, 5) is 22.2. The summed E-state index contributed by atoms with van der Waals surface area (Å²) >= 11 is 5.81. The number of benzene rings is 1. The van der Waals surface area contributed by atoms with Gasteiger partial charge in [-0.15, -0.1) is 0 Å². The van der Waals surface area contributed by atoms with E-state index in [9.17, 15) is 14.9 Å². The third-order valence-corrected chi connectivity index (χ3v) is 3.57. The Labute approximate surface area is 115 Å². The first-order valence-corrected chi connectivity index (χ1v) is 6.41. The Hall–Kier alpha value is -1.82. The molecule has 1 aromatic rings. The molecule has 0 heterocycles. The van der Waals surface area contributed by atoms with Gasteiger partial charge in [-0.25, -0.2) is 0 Å². The Kier molecular flexibility index (Phi) is 3.90. The molecule has 7 heteroatoms. The molecule has 1 saturated carbocycles. The van der Waals surface area contributed by atoms with Gasteiger partial charge < -0.3 is 11.1 Å². The average Bonchev–Trinajstić information content (AvgIpc) is 2.84. The normalized spacial score (nSPS) is 15.4. The molecular weight excluding hydrogens is 270 g/mol. The van der Waals surface area contributed by atoms with Crippen molar-refractivity contribution in [1.82, 2.24) is 5.32 Å². The summed E-state index contributed by atoms with van der Waals surface area (Å²) in [6.07, 6.45) is 4.01. The van der Waals surface area contributed by atoms with Crippen molar-refractivity contribution < 1.29 is 9.72 Å². The molecule has 0 spiro atoms. The minimum absolute atomic E-state index is 0.0192. The lowest BCUT2D eigenvalue weighted by atomic mass is 10.1. The van der Waals surface area contributed by atoms with E-state index in [2.05, 4.69) is 5.32 Å². The molecule has 1 aromatic carbocycles. The van der Waals surface area contributed by atoms with Crippen molar-refractivity contribution in [3.8, 4) is 0 Å². The van der Waals surface area contributed by atoms with E-state index >= 15 is 0 Å². The molecule has 0 bridgehead atoms. The fourth-order valence-electron chi connectivity index (χ4n) is 2.23. The van der Waals surface area contributed by atoms with Crippen molar-refractivity contribution >= 4 is 28.9 Å². The summed E-state index contributed by atoms with van der Waals surface area (Å²) in [5.74, 6) is -0.407. The molecule has 0 radical (unpaired) electrons. The lowest BCUT2D eigenvalue weighted by Gasteiger charge is -2.13. The number of nitro benzene ring substituents is 1. The van der Waals surface area contributed by atoms with Crippen LogP contribution in [-0.2, 0) is 0 Å². The molecule has 19 heavy (non-hydrogen) atoms. The highest BCUT2D eigenvalue weighted by Gasteiger charge is 2.22. The molecule has 102 valence electrons. The van der Waals surface area contributed by atoms with Gasteiger partial charge in [-0.05, 0) is 12.8 Å². The van der Waals surface area contributed by atoms with Gasteiger partial charge in [0.05, 0.1) is 21.2 Å². The zero-order valence-electron chi connectivity index (χ0n) is 10.2. The molecule has 1 aliphatic rings. The summed E-state index contributed by atoms with van der Waals surface area (Å²) in [5, 5.41) is 13.6. The van der Waals surface area contributed by atoms with Crippen LogP contribution in [0.25, 0.3) is 0 Å². The van der Waals surface area contributed by atoms with Crippen molar-refractivity contribution in [2.45, 2.75) is 31.7 Å². The fraction of sp³-hybridized carbons (Fsp3) is 0.417. The lowest BCUT2D eigenvalue weighted by Crippen LogP contribution is -2.33. The number of nitro groups is 1. The van der Waals surface area contributed by atoms with Gasteiger partial charge >= 0.3 is 0 Å². The van der Waals surface area contributed by atoms with Crippen LogP contribution < -0.4 is 11.1 Å². The minimum atomic E-state index is -0.600. The maximum atomic E-state index is 12.1. The number of halogens is 1. The largest absolute Gasteiger partial charge is 0.397 e. The molecule has 3 N–H and O–H groups in total. The van der Waals surface area contributed by atoms with Crippen LogP contribution in [0.2, 0.25) is 5.02 Å². The summed E-state index contributed by atoms with van der Waals surface area (Å²) < 4.78 is 0. The number of anilines is 1. The summed E-state index contributed by atoms with van der Waals surface area (Å²) in [5.41, 5.74) is 5.60. The highest BCUT2D eigenvalue weighted by atomic mass is 35.5. The predicted octanol–water partition coefficient (Wildman–Crippen LogP) is 2.50. The first-order valence-electron chi connectivity index (χ1n) is 6.03. The number of carbonyl (C=O) groups is 1. The van der Waals surface area contributed by atoms with Crippen LogP contribution in [0.15, 0.2) is 12.1 Å². The van der Waals surface area contributed by atoms with E-state index in [1.165, 1.54) is 0 Å². The second-order valence-corrected chi connectivity index (χ2v) is 5.01. The molecular formula is C12H14ClN3O3. The van der Waals surface area contributed by atoms with E-state index in [0.717, 1.165) is 37.8 Å². The average molecular weight is 284 g/mol. The highest BCUT2D eigenvalue weighted by Crippen LogP contribution is 2.29. The Morgan fingerprint density at radius 3 is 2.63 bits per heavy atom. The zero-order valence-corrected chi connectivity index (χ0v) is 10.9. The number of nitrogens with zero attached hydrogens (tertiary/aromatic N) is 1. The van der Waals surface area contributed by atoms with E-state index in [1.54, 1.807) is 0 Å². The number of nitrogen functional groups attached to an aromatic ring is 1. The predicted molar refractivity (Wildman–Crippen MR) is 72.2 cm³/mol. The Morgan fingerprint density at radius 1 is 1.42 bits per heavy atom. The van der Waals surface area contributed by atoms with Gasteiger partial charge in [-0.3, -0.25) is 14.9 Å². The summed E-state index contributed by atoms with van der Waals surface area (Å²) in [7, 11) is 0. The van der Waals surface area contributed by atoms with E-state index < -0.39 is 10.8 Å². The molecule has 2 rings (SSSR count).